The van der Waals surface area contributed by atoms with Crippen LogP contribution in [0.15, 0.2) is 36.4 Å². The number of benzene rings is 1. The third-order valence-electron chi connectivity index (χ3n) is 3.28. The van der Waals surface area contributed by atoms with E-state index in [0.29, 0.717) is 0 Å². The van der Waals surface area contributed by atoms with Crippen molar-refractivity contribution in [3.8, 4) is 0 Å². The lowest BCUT2D eigenvalue weighted by molar-refractivity contribution is -0.146. The molecule has 0 fully saturated rings. The van der Waals surface area contributed by atoms with E-state index >= 15 is 0 Å². The number of allylic oxidation sites excluding steroid dienone is 1. The highest BCUT2D eigenvalue weighted by Crippen LogP contribution is 2.09. The van der Waals surface area contributed by atoms with Gasteiger partial charge in [-0.25, -0.2) is 0 Å². The largest absolute Gasteiger partial charge is 0.353 e. The Morgan fingerprint density at radius 1 is 0.952 bits per heavy atom. The van der Waals surface area contributed by atoms with Crippen molar-refractivity contribution in [1.29, 1.82) is 0 Å². The summed E-state index contributed by atoms with van der Waals surface area (Å²) in [5, 5.41) is 0. The van der Waals surface area contributed by atoms with E-state index in [1.54, 1.807) is 0 Å². The van der Waals surface area contributed by atoms with Gasteiger partial charge in [-0.1, -0.05) is 69.2 Å². The van der Waals surface area contributed by atoms with Crippen LogP contribution >= 0.6 is 0 Å². The minimum atomic E-state index is -0.0523. The summed E-state index contributed by atoms with van der Waals surface area (Å²) in [7, 11) is 0. The zero-order valence-corrected chi connectivity index (χ0v) is 13.6. The van der Waals surface area contributed by atoms with Crippen LogP contribution in [0.4, 0.5) is 0 Å². The molecule has 0 aromatic heterocycles. The molecule has 0 heterocycles. The monoisotopic (exact) mass is 290 g/mol. The Morgan fingerprint density at radius 2 is 1.57 bits per heavy atom. The Bertz CT molecular complexity index is 349. The van der Waals surface area contributed by atoms with Gasteiger partial charge in [0, 0.05) is 19.6 Å². The Morgan fingerprint density at radius 3 is 2.14 bits per heavy atom. The minimum absolute atomic E-state index is 0.0523. The van der Waals surface area contributed by atoms with Crippen LogP contribution in [0.1, 0.15) is 57.9 Å². The summed E-state index contributed by atoms with van der Waals surface area (Å²) >= 11 is 0. The molecular formula is C19H30O2. The predicted molar refractivity (Wildman–Crippen MR) is 90.2 cm³/mol. The number of hydrogen-bond donors (Lipinski definition) is 0. The molecule has 0 spiro atoms. The molecule has 1 aromatic rings. The molecule has 0 saturated carbocycles. The van der Waals surface area contributed by atoms with Gasteiger partial charge in [-0.3, -0.25) is 0 Å². The van der Waals surface area contributed by atoms with Crippen molar-refractivity contribution in [3.63, 3.8) is 0 Å². The van der Waals surface area contributed by atoms with Crippen molar-refractivity contribution in [2.24, 2.45) is 0 Å². The van der Waals surface area contributed by atoms with Gasteiger partial charge in [0.05, 0.1) is 0 Å². The molecule has 1 rings (SSSR count). The van der Waals surface area contributed by atoms with Gasteiger partial charge in [-0.15, -0.1) is 0 Å². The molecule has 0 aliphatic heterocycles. The fourth-order valence-electron chi connectivity index (χ4n) is 1.95. The van der Waals surface area contributed by atoms with Crippen LogP contribution in [-0.4, -0.2) is 19.5 Å². The van der Waals surface area contributed by atoms with E-state index in [0.717, 1.165) is 51.7 Å². The van der Waals surface area contributed by atoms with Crippen molar-refractivity contribution < 1.29 is 9.47 Å². The first-order valence-corrected chi connectivity index (χ1v) is 8.31. The average Bonchev–Trinajstić information content (AvgIpc) is 2.52. The number of hydrogen-bond acceptors (Lipinski definition) is 2. The SMILES string of the molecule is CCCCOC(CCC=Cc1ccccc1)OCCCC. The number of ether oxygens (including phenoxy) is 2. The molecule has 21 heavy (non-hydrogen) atoms. The third kappa shape index (κ3) is 9.43. The Balaban J connectivity index is 2.28. The first-order chi connectivity index (χ1) is 10.4. The topological polar surface area (TPSA) is 18.5 Å². The van der Waals surface area contributed by atoms with Crippen LogP contribution in [0, 0.1) is 0 Å². The van der Waals surface area contributed by atoms with Crippen LogP contribution < -0.4 is 0 Å². The molecule has 0 N–H and O–H groups in total. The molecule has 0 radical (unpaired) electrons. The van der Waals surface area contributed by atoms with E-state index in [4.69, 9.17) is 9.47 Å². The highest BCUT2D eigenvalue weighted by atomic mass is 16.7. The second-order valence-corrected chi connectivity index (χ2v) is 5.27. The Hall–Kier alpha value is -1.12. The molecule has 2 heteroatoms. The predicted octanol–water partition coefficient (Wildman–Crippen LogP) is 5.44. The maximum absolute atomic E-state index is 5.83. The van der Waals surface area contributed by atoms with Crippen molar-refractivity contribution in [3.05, 3.63) is 42.0 Å². The van der Waals surface area contributed by atoms with Crippen molar-refractivity contribution in [2.45, 2.75) is 58.7 Å². The Kier molecular flexibility index (Phi) is 10.8. The molecule has 0 amide bonds. The molecule has 1 aromatic carbocycles. The van der Waals surface area contributed by atoms with Gasteiger partial charge in [0.2, 0.25) is 0 Å². The molecular weight excluding hydrogens is 260 g/mol. The summed E-state index contributed by atoms with van der Waals surface area (Å²) in [5.41, 5.74) is 1.24. The van der Waals surface area contributed by atoms with Crippen LogP contribution in [-0.2, 0) is 9.47 Å². The molecule has 0 aliphatic carbocycles. The van der Waals surface area contributed by atoms with Gasteiger partial charge in [-0.2, -0.15) is 0 Å². The van der Waals surface area contributed by atoms with E-state index in [1.165, 1.54) is 5.56 Å². The molecule has 0 unspecified atom stereocenters. The normalized spacial score (nSPS) is 11.6. The molecule has 0 bridgehead atoms. The standard InChI is InChI=1S/C19H30O2/c1-3-5-16-20-19(21-17-6-4-2)15-11-10-14-18-12-8-7-9-13-18/h7-10,12-14,19H,3-6,11,15-17H2,1-2H3. The van der Waals surface area contributed by atoms with E-state index in [2.05, 4.69) is 50.3 Å². The Labute approximate surface area is 130 Å². The molecule has 2 nitrogen and oxygen atoms in total. The van der Waals surface area contributed by atoms with Gasteiger partial charge in [0.25, 0.3) is 0 Å². The van der Waals surface area contributed by atoms with Crippen molar-refractivity contribution in [2.75, 3.05) is 13.2 Å². The van der Waals surface area contributed by atoms with E-state index in [1.807, 2.05) is 6.07 Å². The lowest BCUT2D eigenvalue weighted by atomic mass is 10.2. The lowest BCUT2D eigenvalue weighted by Gasteiger charge is -2.17. The zero-order chi connectivity index (χ0) is 15.2. The van der Waals surface area contributed by atoms with Gasteiger partial charge in [0.15, 0.2) is 6.29 Å². The highest BCUT2D eigenvalue weighted by Gasteiger charge is 2.07. The fourth-order valence-corrected chi connectivity index (χ4v) is 1.95. The van der Waals surface area contributed by atoms with E-state index in [9.17, 15) is 0 Å². The van der Waals surface area contributed by atoms with Crippen LogP contribution in [0.25, 0.3) is 6.08 Å². The fraction of sp³-hybridized carbons (Fsp3) is 0.579. The summed E-state index contributed by atoms with van der Waals surface area (Å²) in [6.45, 7) is 5.96. The van der Waals surface area contributed by atoms with E-state index in [-0.39, 0.29) is 6.29 Å². The third-order valence-corrected chi connectivity index (χ3v) is 3.28. The number of rotatable bonds is 12. The molecule has 118 valence electrons. The summed E-state index contributed by atoms with van der Waals surface area (Å²) in [4.78, 5) is 0. The first-order valence-electron chi connectivity index (χ1n) is 8.31. The van der Waals surface area contributed by atoms with Gasteiger partial charge in [-0.05, 0) is 24.8 Å². The maximum Gasteiger partial charge on any atom is 0.157 e. The van der Waals surface area contributed by atoms with Crippen molar-refractivity contribution >= 4 is 6.08 Å². The lowest BCUT2D eigenvalue weighted by Crippen LogP contribution is -2.18. The van der Waals surface area contributed by atoms with Gasteiger partial charge >= 0.3 is 0 Å². The van der Waals surface area contributed by atoms with Crippen molar-refractivity contribution in [1.82, 2.24) is 0 Å². The van der Waals surface area contributed by atoms with Gasteiger partial charge < -0.3 is 9.47 Å². The first kappa shape index (κ1) is 17.9. The van der Waals surface area contributed by atoms with Crippen LogP contribution in [0.5, 0.6) is 0 Å². The second kappa shape index (κ2) is 12.6. The molecule has 0 atom stereocenters. The van der Waals surface area contributed by atoms with Crippen LogP contribution in [0.3, 0.4) is 0 Å². The molecule has 0 aliphatic rings. The highest BCUT2D eigenvalue weighted by molar-refractivity contribution is 5.48. The van der Waals surface area contributed by atoms with Crippen LogP contribution in [0.2, 0.25) is 0 Å². The smallest absolute Gasteiger partial charge is 0.157 e. The minimum Gasteiger partial charge on any atom is -0.353 e. The van der Waals surface area contributed by atoms with E-state index < -0.39 is 0 Å². The average molecular weight is 290 g/mol. The second-order valence-electron chi connectivity index (χ2n) is 5.27. The zero-order valence-electron chi connectivity index (χ0n) is 13.6. The van der Waals surface area contributed by atoms with Gasteiger partial charge in [0.1, 0.15) is 0 Å². The maximum atomic E-state index is 5.83. The number of unbranched alkanes of at least 4 members (excludes halogenated alkanes) is 2. The molecule has 0 saturated heterocycles. The summed E-state index contributed by atoms with van der Waals surface area (Å²) < 4.78 is 11.7. The quantitative estimate of drug-likeness (QED) is 0.377. The summed E-state index contributed by atoms with van der Waals surface area (Å²) in [6.07, 6.45) is 10.8. The summed E-state index contributed by atoms with van der Waals surface area (Å²) in [6, 6.07) is 10.4. The summed E-state index contributed by atoms with van der Waals surface area (Å²) in [5.74, 6) is 0.